The number of fused-ring (bicyclic) bond motifs is 7. The summed E-state index contributed by atoms with van der Waals surface area (Å²) in [5.41, 5.74) is 13.8. The van der Waals surface area contributed by atoms with E-state index in [0.717, 1.165) is 77.9 Å². The second-order valence-electron chi connectivity index (χ2n) is 13.6. The van der Waals surface area contributed by atoms with Crippen molar-refractivity contribution < 1.29 is 9.47 Å². The molecule has 52 heavy (non-hydrogen) atoms. The van der Waals surface area contributed by atoms with Gasteiger partial charge in [-0.1, -0.05) is 106 Å². The third-order valence-corrected chi connectivity index (χ3v) is 11.9. The average molecular weight is 797 g/mol. The molecule has 0 unspecified atom stereocenters. The van der Waals surface area contributed by atoms with Crippen molar-refractivity contribution in [3.8, 4) is 22.3 Å². The Balaban J connectivity index is 1.10. The highest BCUT2D eigenvalue weighted by Gasteiger charge is 2.68. The summed E-state index contributed by atoms with van der Waals surface area (Å²) in [5.74, 6) is 0. The molecule has 0 aromatic heterocycles. The predicted molar refractivity (Wildman–Crippen MR) is 216 cm³/mol. The minimum atomic E-state index is -0.703. The van der Waals surface area contributed by atoms with Gasteiger partial charge in [-0.2, -0.15) is 0 Å². The van der Waals surface area contributed by atoms with E-state index >= 15 is 0 Å². The van der Waals surface area contributed by atoms with Crippen molar-refractivity contribution in [1.82, 2.24) is 0 Å². The summed E-state index contributed by atoms with van der Waals surface area (Å²) in [6, 6.07) is 35.7. The fourth-order valence-corrected chi connectivity index (χ4v) is 9.28. The van der Waals surface area contributed by atoms with Crippen LogP contribution in [0.1, 0.15) is 50.6 Å². The molecule has 4 aliphatic rings. The first-order valence-corrected chi connectivity index (χ1v) is 19.0. The van der Waals surface area contributed by atoms with E-state index in [4.69, 9.17) is 79.1 Å². The second kappa shape index (κ2) is 12.2. The molecule has 0 N–H and O–H groups in total. The topological polar surface area (TPSA) is 21.8 Å². The van der Waals surface area contributed by atoms with Gasteiger partial charge in [0.15, 0.2) is 0 Å². The second-order valence-corrected chi connectivity index (χ2v) is 16.2. The van der Waals surface area contributed by atoms with Crippen molar-refractivity contribution >= 4 is 92.9 Å². The molecule has 0 saturated carbocycles. The van der Waals surface area contributed by atoms with Gasteiger partial charge in [0, 0.05) is 30.1 Å². The van der Waals surface area contributed by atoms with Gasteiger partial charge in [-0.05, 0) is 163 Å². The largest absolute Gasteiger partial charge is 0.367 e. The van der Waals surface area contributed by atoms with Crippen molar-refractivity contribution in [2.75, 3.05) is 6.61 Å². The summed E-state index contributed by atoms with van der Waals surface area (Å²) in [4.78, 5) is 0. The first-order chi connectivity index (χ1) is 25.2. The van der Waals surface area contributed by atoms with Gasteiger partial charge in [0.05, 0.1) is 6.61 Å². The molecule has 2 aliphatic carbocycles. The maximum Gasteiger partial charge on any atom is 0.147 e. The van der Waals surface area contributed by atoms with E-state index in [1.165, 1.54) is 0 Å². The number of halogens is 6. The predicted octanol–water partition coefficient (Wildman–Crippen LogP) is 14.1. The summed E-state index contributed by atoms with van der Waals surface area (Å²) < 4.78 is 13.5. The van der Waals surface area contributed by atoms with Crippen LogP contribution in [0.2, 0.25) is 30.1 Å². The van der Waals surface area contributed by atoms with Crippen LogP contribution in [-0.4, -0.2) is 12.7 Å². The number of hydrogen-bond acceptors (Lipinski definition) is 2. The Morgan fingerprint density at radius 1 is 0.481 bits per heavy atom. The average Bonchev–Trinajstić information content (AvgIpc) is 3.47. The lowest BCUT2D eigenvalue weighted by molar-refractivity contribution is 0.00851. The SMILES string of the molecule is Clc1ccc(/C=C2/c3cc(Cl)ccc3-c3c2cc(Cl)cc3[C@@H]2OC[C@]3(c4cc(Cl)cc5c4-c4ccc(Cl)cc4/C5=C/c4ccc(Cl)cc4)O[C@@H]23)cc1. The fraction of sp³-hybridized carbons (Fsp3) is 0.0909. The quantitative estimate of drug-likeness (QED) is 0.166. The highest BCUT2D eigenvalue weighted by Crippen LogP contribution is 2.64. The summed E-state index contributed by atoms with van der Waals surface area (Å²) in [6.07, 6.45) is 3.66. The van der Waals surface area contributed by atoms with Crippen molar-refractivity contribution in [2.45, 2.75) is 17.8 Å². The van der Waals surface area contributed by atoms with E-state index in [-0.39, 0.29) is 12.2 Å². The van der Waals surface area contributed by atoms with Crippen LogP contribution in [0.15, 0.2) is 109 Å². The lowest BCUT2D eigenvalue weighted by atomic mass is 9.86. The van der Waals surface area contributed by atoms with Crippen LogP contribution in [0.4, 0.5) is 0 Å². The molecule has 3 atom stereocenters. The summed E-state index contributed by atoms with van der Waals surface area (Å²) >= 11 is 39.5. The number of rotatable bonds is 4. The fourth-order valence-electron chi connectivity index (χ4n) is 8.24. The molecule has 254 valence electrons. The summed E-state index contributed by atoms with van der Waals surface area (Å²) in [7, 11) is 0. The third kappa shape index (κ3) is 5.23. The first kappa shape index (κ1) is 33.1. The van der Waals surface area contributed by atoms with Gasteiger partial charge >= 0.3 is 0 Å². The van der Waals surface area contributed by atoms with Crippen molar-refractivity contribution in [1.29, 1.82) is 0 Å². The molecule has 2 saturated heterocycles. The molecule has 10 rings (SSSR count). The van der Waals surface area contributed by atoms with Gasteiger partial charge in [0.2, 0.25) is 0 Å². The Bertz CT molecular complexity index is 2570. The van der Waals surface area contributed by atoms with Crippen LogP contribution >= 0.6 is 69.6 Å². The van der Waals surface area contributed by atoms with Crippen LogP contribution in [-0.2, 0) is 15.1 Å². The number of hydrogen-bond donors (Lipinski definition) is 0. The van der Waals surface area contributed by atoms with Gasteiger partial charge < -0.3 is 9.47 Å². The first-order valence-electron chi connectivity index (χ1n) is 16.7. The highest BCUT2D eigenvalue weighted by atomic mass is 35.5. The van der Waals surface area contributed by atoms with E-state index in [9.17, 15) is 0 Å². The molecule has 8 heteroatoms. The molecule has 2 fully saturated rings. The van der Waals surface area contributed by atoms with Crippen LogP contribution in [0.25, 0.3) is 45.6 Å². The van der Waals surface area contributed by atoms with Gasteiger partial charge in [-0.15, -0.1) is 0 Å². The molecule has 0 bridgehead atoms. The molecule has 2 aliphatic heterocycles. The molecule has 6 aromatic rings. The van der Waals surface area contributed by atoms with Crippen LogP contribution in [0.5, 0.6) is 0 Å². The molecule has 0 radical (unpaired) electrons. The Morgan fingerprint density at radius 3 is 1.52 bits per heavy atom. The van der Waals surface area contributed by atoms with E-state index in [2.05, 4.69) is 24.3 Å². The number of benzene rings is 6. The number of ether oxygens (including phenoxy) is 2. The standard InChI is InChI=1S/C44H24Cl6O2/c45-24-5-1-22(2-6-24)13-32-34-15-26(47)9-11-30(34)40-36(32)17-28(49)19-38(40)42-43-44(52-43,21-51-42)39-20-29(50)18-37-33(14-23-3-7-25(46)8-4-23)35-16-27(48)10-12-31(35)41(37)39/h1-20,42-43H,21H2/b32-13-,33-14-/t42-,43-,44+/m0/s1. The van der Waals surface area contributed by atoms with Crippen molar-refractivity contribution in [3.63, 3.8) is 0 Å². The Hall–Kier alpha value is -3.54. The maximum absolute atomic E-state index is 6.95. The smallest absolute Gasteiger partial charge is 0.147 e. The molecule has 2 nitrogen and oxygen atoms in total. The molecular weight excluding hydrogens is 773 g/mol. The Labute approximate surface area is 330 Å². The Morgan fingerprint density at radius 2 is 0.962 bits per heavy atom. The van der Waals surface area contributed by atoms with Crippen LogP contribution in [0.3, 0.4) is 0 Å². The maximum atomic E-state index is 6.95. The lowest BCUT2D eigenvalue weighted by Crippen LogP contribution is -2.14. The van der Waals surface area contributed by atoms with E-state index in [1.54, 1.807) is 0 Å². The molecule has 0 spiro atoms. The highest BCUT2D eigenvalue weighted by molar-refractivity contribution is 6.33. The van der Waals surface area contributed by atoms with E-state index < -0.39 is 5.60 Å². The van der Waals surface area contributed by atoms with E-state index in [0.29, 0.717) is 36.7 Å². The normalized spacial score (nSPS) is 22.0. The Kier molecular flexibility index (Phi) is 7.79. The molecule has 6 aromatic carbocycles. The van der Waals surface area contributed by atoms with Crippen molar-refractivity contribution in [2.24, 2.45) is 0 Å². The van der Waals surface area contributed by atoms with Crippen molar-refractivity contribution in [3.05, 3.63) is 184 Å². The molecule has 2 heterocycles. The molecular formula is C44H24Cl6O2. The lowest BCUT2D eigenvalue weighted by Gasteiger charge is -2.18. The summed E-state index contributed by atoms with van der Waals surface area (Å²) in [6.45, 7) is 0.358. The van der Waals surface area contributed by atoms with Gasteiger partial charge in [-0.3, -0.25) is 0 Å². The zero-order valence-corrected chi connectivity index (χ0v) is 31.5. The van der Waals surface area contributed by atoms with Crippen LogP contribution in [0, 0.1) is 0 Å². The van der Waals surface area contributed by atoms with Gasteiger partial charge in [0.1, 0.15) is 17.8 Å². The number of epoxide rings is 1. The zero-order chi connectivity index (χ0) is 35.5. The minimum absolute atomic E-state index is 0.266. The monoisotopic (exact) mass is 794 g/mol. The summed E-state index contributed by atoms with van der Waals surface area (Å²) in [5, 5.41) is 3.91. The third-order valence-electron chi connectivity index (χ3n) is 10.5. The van der Waals surface area contributed by atoms with Gasteiger partial charge in [-0.25, -0.2) is 0 Å². The minimum Gasteiger partial charge on any atom is -0.367 e. The van der Waals surface area contributed by atoms with Gasteiger partial charge in [0.25, 0.3) is 0 Å². The molecule has 0 amide bonds. The zero-order valence-electron chi connectivity index (χ0n) is 27.0. The van der Waals surface area contributed by atoms with E-state index in [1.807, 2.05) is 97.1 Å². The van der Waals surface area contributed by atoms with Crippen LogP contribution < -0.4 is 0 Å².